The number of hydrogen-bond acceptors (Lipinski definition) is 2. The van der Waals surface area contributed by atoms with Crippen LogP contribution in [0.4, 0.5) is 0 Å². The Hall–Kier alpha value is -1.84. The maximum atomic E-state index is 12.3. The quantitative estimate of drug-likeness (QED) is 0.904. The van der Waals surface area contributed by atoms with Crippen molar-refractivity contribution in [1.82, 2.24) is 10.2 Å². The van der Waals surface area contributed by atoms with Gasteiger partial charge in [-0.2, -0.15) is 0 Å². The molecule has 1 atom stereocenters. The summed E-state index contributed by atoms with van der Waals surface area (Å²) in [7, 11) is 0. The summed E-state index contributed by atoms with van der Waals surface area (Å²) in [6.07, 6.45) is 1.19. The lowest BCUT2D eigenvalue weighted by Crippen LogP contribution is -2.46. The smallest absolute Gasteiger partial charge is 0.225 e. The van der Waals surface area contributed by atoms with Crippen molar-refractivity contribution in [2.24, 2.45) is 5.92 Å². The zero-order valence-corrected chi connectivity index (χ0v) is 13.1. The molecule has 1 saturated heterocycles. The maximum Gasteiger partial charge on any atom is 0.225 e. The summed E-state index contributed by atoms with van der Waals surface area (Å²) in [4.78, 5) is 26.1. The summed E-state index contributed by atoms with van der Waals surface area (Å²) in [5, 5.41) is 3.04. The number of hydrogen-bond donors (Lipinski definition) is 1. The van der Waals surface area contributed by atoms with Crippen molar-refractivity contribution in [3.05, 3.63) is 35.9 Å². The van der Waals surface area contributed by atoms with Crippen LogP contribution in [0, 0.1) is 5.92 Å². The minimum absolute atomic E-state index is 0.00855. The number of nitrogens with zero attached hydrogens (tertiary/aromatic N) is 1. The van der Waals surface area contributed by atoms with E-state index in [1.807, 2.05) is 51.1 Å². The zero-order valence-electron chi connectivity index (χ0n) is 13.1. The number of likely N-dealkylation sites (tertiary alicyclic amines) is 1. The number of rotatable bonds is 5. The Bertz CT molecular complexity index is 511. The van der Waals surface area contributed by atoms with Gasteiger partial charge in [-0.1, -0.05) is 37.3 Å². The first-order chi connectivity index (χ1) is 9.91. The molecule has 4 heteroatoms. The van der Waals surface area contributed by atoms with Gasteiger partial charge in [-0.15, -0.1) is 0 Å². The van der Waals surface area contributed by atoms with Gasteiger partial charge in [0.1, 0.15) is 0 Å². The van der Waals surface area contributed by atoms with Crippen molar-refractivity contribution in [2.45, 2.75) is 45.7 Å². The lowest BCUT2D eigenvalue weighted by atomic mass is 9.99. The van der Waals surface area contributed by atoms with E-state index in [-0.39, 0.29) is 23.3 Å². The number of amides is 2. The predicted molar refractivity (Wildman–Crippen MR) is 82.5 cm³/mol. The van der Waals surface area contributed by atoms with Gasteiger partial charge in [0.05, 0.1) is 5.92 Å². The highest BCUT2D eigenvalue weighted by Gasteiger charge is 2.35. The van der Waals surface area contributed by atoms with Crippen molar-refractivity contribution >= 4 is 11.8 Å². The van der Waals surface area contributed by atoms with E-state index >= 15 is 0 Å². The summed E-state index contributed by atoms with van der Waals surface area (Å²) < 4.78 is 0. The standard InChI is InChI=1S/C17H24N2O2/c1-4-17(2,3)18-16(21)14-10-15(20)19(12-14)11-13-8-6-5-7-9-13/h5-9,14H,4,10-12H2,1-3H3,(H,18,21)/t14-/m1/s1. The van der Waals surface area contributed by atoms with Crippen molar-refractivity contribution in [3.8, 4) is 0 Å². The van der Waals surface area contributed by atoms with Crippen molar-refractivity contribution in [2.75, 3.05) is 6.54 Å². The molecule has 0 spiro atoms. The van der Waals surface area contributed by atoms with E-state index in [4.69, 9.17) is 0 Å². The van der Waals surface area contributed by atoms with E-state index in [9.17, 15) is 9.59 Å². The van der Waals surface area contributed by atoms with E-state index in [0.29, 0.717) is 19.5 Å². The molecule has 0 saturated carbocycles. The summed E-state index contributed by atoms with van der Waals surface area (Å²) >= 11 is 0. The molecule has 0 radical (unpaired) electrons. The van der Waals surface area contributed by atoms with Gasteiger partial charge >= 0.3 is 0 Å². The summed E-state index contributed by atoms with van der Waals surface area (Å²) in [6.45, 7) is 7.15. The molecule has 21 heavy (non-hydrogen) atoms. The molecule has 1 heterocycles. The molecule has 0 aliphatic carbocycles. The third-order valence-corrected chi connectivity index (χ3v) is 4.15. The molecule has 0 unspecified atom stereocenters. The Morgan fingerprint density at radius 2 is 2.00 bits per heavy atom. The monoisotopic (exact) mass is 288 g/mol. The Morgan fingerprint density at radius 1 is 1.33 bits per heavy atom. The molecule has 1 aromatic rings. The second-order valence-corrected chi connectivity index (χ2v) is 6.39. The normalized spacial score (nSPS) is 18.9. The van der Waals surface area contributed by atoms with Gasteiger partial charge in [0, 0.05) is 25.0 Å². The fourth-order valence-corrected chi connectivity index (χ4v) is 2.43. The van der Waals surface area contributed by atoms with Gasteiger partial charge < -0.3 is 10.2 Å². The molecule has 1 N–H and O–H groups in total. The summed E-state index contributed by atoms with van der Waals surface area (Å²) in [5.41, 5.74) is 0.883. The SMILES string of the molecule is CCC(C)(C)NC(=O)[C@@H]1CC(=O)N(Cc2ccccc2)C1. The Kier molecular flexibility index (Phi) is 4.66. The highest BCUT2D eigenvalue weighted by Crippen LogP contribution is 2.21. The van der Waals surface area contributed by atoms with E-state index in [1.54, 1.807) is 4.90 Å². The summed E-state index contributed by atoms with van der Waals surface area (Å²) in [6, 6.07) is 9.88. The van der Waals surface area contributed by atoms with Crippen LogP contribution in [0.15, 0.2) is 30.3 Å². The molecule has 0 bridgehead atoms. The average molecular weight is 288 g/mol. The van der Waals surface area contributed by atoms with E-state index in [2.05, 4.69) is 5.32 Å². The lowest BCUT2D eigenvalue weighted by molar-refractivity contribution is -0.129. The molecule has 2 amide bonds. The van der Waals surface area contributed by atoms with Gasteiger partial charge in [-0.3, -0.25) is 9.59 Å². The van der Waals surface area contributed by atoms with Gasteiger partial charge in [-0.05, 0) is 25.8 Å². The summed E-state index contributed by atoms with van der Waals surface area (Å²) in [5.74, 6) is -0.175. The Labute approximate surface area is 126 Å². The molecular formula is C17H24N2O2. The van der Waals surface area contributed by atoms with Crippen LogP contribution in [0.1, 0.15) is 39.2 Å². The predicted octanol–water partition coefficient (Wildman–Crippen LogP) is 2.34. The third kappa shape index (κ3) is 4.06. The van der Waals surface area contributed by atoms with Crippen LogP contribution < -0.4 is 5.32 Å². The van der Waals surface area contributed by atoms with Gasteiger partial charge in [-0.25, -0.2) is 0 Å². The highest BCUT2D eigenvalue weighted by atomic mass is 16.2. The van der Waals surface area contributed by atoms with Crippen LogP contribution >= 0.6 is 0 Å². The van der Waals surface area contributed by atoms with Gasteiger partial charge in [0.25, 0.3) is 0 Å². The zero-order chi connectivity index (χ0) is 15.5. The average Bonchev–Trinajstić information content (AvgIpc) is 2.81. The Balaban J connectivity index is 1.95. The molecule has 2 rings (SSSR count). The fourth-order valence-electron chi connectivity index (χ4n) is 2.43. The molecule has 4 nitrogen and oxygen atoms in total. The molecule has 1 aromatic carbocycles. The largest absolute Gasteiger partial charge is 0.351 e. The number of carbonyl (C=O) groups is 2. The fraction of sp³-hybridized carbons (Fsp3) is 0.529. The molecule has 1 fully saturated rings. The van der Waals surface area contributed by atoms with Crippen LogP contribution in [0.25, 0.3) is 0 Å². The van der Waals surface area contributed by atoms with Crippen LogP contribution in [0.2, 0.25) is 0 Å². The number of nitrogens with one attached hydrogen (secondary N) is 1. The molecule has 1 aliphatic rings. The topological polar surface area (TPSA) is 49.4 Å². The second kappa shape index (κ2) is 6.29. The molecule has 0 aromatic heterocycles. The first-order valence-corrected chi connectivity index (χ1v) is 7.55. The molecular weight excluding hydrogens is 264 g/mol. The first kappa shape index (κ1) is 15.5. The third-order valence-electron chi connectivity index (χ3n) is 4.15. The first-order valence-electron chi connectivity index (χ1n) is 7.55. The second-order valence-electron chi connectivity index (χ2n) is 6.39. The van der Waals surface area contributed by atoms with Crippen LogP contribution in [0.5, 0.6) is 0 Å². The molecule has 114 valence electrons. The van der Waals surface area contributed by atoms with Gasteiger partial charge in [0.2, 0.25) is 11.8 Å². The Morgan fingerprint density at radius 3 is 2.62 bits per heavy atom. The molecule has 1 aliphatic heterocycles. The van der Waals surface area contributed by atoms with Crippen molar-refractivity contribution in [1.29, 1.82) is 0 Å². The van der Waals surface area contributed by atoms with E-state index < -0.39 is 0 Å². The number of carbonyl (C=O) groups excluding carboxylic acids is 2. The van der Waals surface area contributed by atoms with E-state index in [1.165, 1.54) is 0 Å². The van der Waals surface area contributed by atoms with Crippen molar-refractivity contribution in [3.63, 3.8) is 0 Å². The van der Waals surface area contributed by atoms with Gasteiger partial charge in [0.15, 0.2) is 0 Å². The van der Waals surface area contributed by atoms with Crippen LogP contribution in [-0.4, -0.2) is 28.8 Å². The minimum atomic E-state index is -0.230. The van der Waals surface area contributed by atoms with Crippen molar-refractivity contribution < 1.29 is 9.59 Å². The number of benzene rings is 1. The highest BCUT2D eigenvalue weighted by molar-refractivity contribution is 5.89. The van der Waals surface area contributed by atoms with Crippen LogP contribution in [0.3, 0.4) is 0 Å². The maximum absolute atomic E-state index is 12.3. The van der Waals surface area contributed by atoms with E-state index in [0.717, 1.165) is 12.0 Å². The minimum Gasteiger partial charge on any atom is -0.351 e. The lowest BCUT2D eigenvalue weighted by Gasteiger charge is -2.26. The van der Waals surface area contributed by atoms with Crippen LogP contribution in [-0.2, 0) is 16.1 Å².